The normalized spacial score (nSPS) is 11.3. The lowest BCUT2D eigenvalue weighted by atomic mass is 9.95. The van der Waals surface area contributed by atoms with E-state index in [4.69, 9.17) is 14.2 Å². The Bertz CT molecular complexity index is 773. The van der Waals surface area contributed by atoms with E-state index in [9.17, 15) is 18.0 Å². The Morgan fingerprint density at radius 1 is 1.12 bits per heavy atom. The molecule has 0 saturated carbocycles. The third kappa shape index (κ3) is 4.56. The lowest BCUT2D eigenvalue weighted by Gasteiger charge is -2.16. The van der Waals surface area contributed by atoms with Crippen LogP contribution in [0.4, 0.5) is 13.2 Å². The van der Waals surface area contributed by atoms with E-state index in [1.54, 1.807) is 12.1 Å². The van der Waals surface area contributed by atoms with Crippen molar-refractivity contribution >= 4 is 21.9 Å². The van der Waals surface area contributed by atoms with Crippen LogP contribution in [-0.4, -0.2) is 27.0 Å². The van der Waals surface area contributed by atoms with Crippen molar-refractivity contribution in [3.8, 4) is 16.9 Å². The number of halogens is 4. The molecule has 8 heteroatoms. The molecule has 140 valence electrons. The number of carbonyl (C=O) groups excluding carboxylic acids is 1. The van der Waals surface area contributed by atoms with Gasteiger partial charge in [-0.05, 0) is 35.4 Å². The predicted octanol–water partition coefficient (Wildman–Crippen LogP) is 5.04. The van der Waals surface area contributed by atoms with E-state index in [0.717, 1.165) is 17.7 Å². The lowest BCUT2D eigenvalue weighted by Crippen LogP contribution is -2.10. The van der Waals surface area contributed by atoms with Gasteiger partial charge in [0.2, 0.25) is 0 Å². The van der Waals surface area contributed by atoms with Crippen molar-refractivity contribution in [1.82, 2.24) is 0 Å². The fraction of sp³-hybridized carbons (Fsp3) is 0.278. The van der Waals surface area contributed by atoms with Crippen LogP contribution < -0.4 is 4.74 Å². The zero-order valence-corrected chi connectivity index (χ0v) is 15.6. The molecular weight excluding hydrogens is 417 g/mol. The fourth-order valence-corrected chi connectivity index (χ4v) is 2.69. The standard InChI is InChI=1S/C18H16BrF3O4/c1-24-10-26-15-8-11(9-19)7-14(16(15)17(23)25-2)12-3-5-13(6-4-12)18(20,21)22/h3-8H,9-10H2,1-2H3. The van der Waals surface area contributed by atoms with Gasteiger partial charge in [-0.15, -0.1) is 0 Å². The quantitative estimate of drug-likeness (QED) is 0.364. The Balaban J connectivity index is 2.63. The molecule has 0 aliphatic carbocycles. The number of ether oxygens (including phenoxy) is 3. The van der Waals surface area contributed by atoms with E-state index in [1.807, 2.05) is 0 Å². The first-order valence-electron chi connectivity index (χ1n) is 7.42. The second-order valence-electron chi connectivity index (χ2n) is 5.27. The molecule has 2 rings (SSSR count). The maximum Gasteiger partial charge on any atom is 0.416 e. The van der Waals surface area contributed by atoms with Crippen LogP contribution in [0.5, 0.6) is 5.75 Å². The summed E-state index contributed by atoms with van der Waals surface area (Å²) in [7, 11) is 2.65. The highest BCUT2D eigenvalue weighted by atomic mass is 79.9. The Labute approximate surface area is 157 Å². The molecule has 4 nitrogen and oxygen atoms in total. The van der Waals surface area contributed by atoms with Crippen molar-refractivity contribution in [2.45, 2.75) is 11.5 Å². The van der Waals surface area contributed by atoms with E-state index in [0.29, 0.717) is 16.5 Å². The number of esters is 1. The number of hydrogen-bond donors (Lipinski definition) is 0. The summed E-state index contributed by atoms with van der Waals surface area (Å²) < 4.78 is 53.5. The summed E-state index contributed by atoms with van der Waals surface area (Å²) in [4.78, 5) is 12.3. The first kappa shape index (κ1) is 20.3. The first-order chi connectivity index (χ1) is 12.3. The van der Waals surface area contributed by atoms with Crippen LogP contribution in [0.15, 0.2) is 36.4 Å². The highest BCUT2D eigenvalue weighted by Crippen LogP contribution is 2.36. The molecule has 2 aromatic rings. The van der Waals surface area contributed by atoms with Crippen molar-refractivity contribution < 1.29 is 32.2 Å². The lowest BCUT2D eigenvalue weighted by molar-refractivity contribution is -0.137. The summed E-state index contributed by atoms with van der Waals surface area (Å²) in [6.45, 7) is -0.0951. The summed E-state index contributed by atoms with van der Waals surface area (Å²) in [5.41, 5.74) is 0.970. The number of carbonyl (C=O) groups is 1. The van der Waals surface area contributed by atoms with Crippen LogP contribution in [0, 0.1) is 0 Å². The fourth-order valence-electron chi connectivity index (χ4n) is 2.36. The largest absolute Gasteiger partial charge is 0.467 e. The number of rotatable bonds is 6. The third-order valence-corrected chi connectivity index (χ3v) is 4.21. The van der Waals surface area contributed by atoms with Gasteiger partial charge in [-0.2, -0.15) is 13.2 Å². The maximum absolute atomic E-state index is 12.8. The summed E-state index contributed by atoms with van der Waals surface area (Å²) in [5.74, 6) is -0.433. The number of benzene rings is 2. The van der Waals surface area contributed by atoms with E-state index in [-0.39, 0.29) is 18.1 Å². The molecule has 0 aliphatic rings. The van der Waals surface area contributed by atoms with Gasteiger partial charge >= 0.3 is 12.1 Å². The van der Waals surface area contributed by atoms with Gasteiger partial charge in [-0.1, -0.05) is 28.1 Å². The van der Waals surface area contributed by atoms with Gasteiger partial charge < -0.3 is 14.2 Å². The molecule has 26 heavy (non-hydrogen) atoms. The molecule has 0 saturated heterocycles. The Hall–Kier alpha value is -2.06. The van der Waals surface area contributed by atoms with Gasteiger partial charge in [0.1, 0.15) is 11.3 Å². The van der Waals surface area contributed by atoms with Gasteiger partial charge in [-0.3, -0.25) is 0 Å². The van der Waals surface area contributed by atoms with E-state index < -0.39 is 17.7 Å². The molecule has 0 radical (unpaired) electrons. The topological polar surface area (TPSA) is 44.8 Å². The van der Waals surface area contributed by atoms with Crippen LogP contribution in [0.25, 0.3) is 11.1 Å². The third-order valence-electron chi connectivity index (χ3n) is 3.56. The van der Waals surface area contributed by atoms with Crippen LogP contribution in [0.3, 0.4) is 0 Å². The molecule has 0 bridgehead atoms. The highest BCUT2D eigenvalue weighted by Gasteiger charge is 2.30. The zero-order chi connectivity index (χ0) is 19.3. The monoisotopic (exact) mass is 432 g/mol. The zero-order valence-electron chi connectivity index (χ0n) is 14.0. The minimum absolute atomic E-state index is 0.0951. The Morgan fingerprint density at radius 2 is 1.77 bits per heavy atom. The molecule has 2 aromatic carbocycles. The molecule has 0 unspecified atom stereocenters. The van der Waals surface area contributed by atoms with Crippen LogP contribution in [-0.2, 0) is 21.0 Å². The molecule has 0 N–H and O–H groups in total. The average molecular weight is 433 g/mol. The van der Waals surface area contributed by atoms with Crippen LogP contribution in [0.2, 0.25) is 0 Å². The van der Waals surface area contributed by atoms with E-state index >= 15 is 0 Å². The Kier molecular flexibility index (Phi) is 6.66. The molecule has 0 fully saturated rings. The molecule has 0 heterocycles. The van der Waals surface area contributed by atoms with E-state index in [2.05, 4.69) is 15.9 Å². The minimum Gasteiger partial charge on any atom is -0.467 e. The maximum atomic E-state index is 12.8. The van der Waals surface area contributed by atoms with Crippen LogP contribution in [0.1, 0.15) is 21.5 Å². The first-order valence-corrected chi connectivity index (χ1v) is 8.54. The second kappa shape index (κ2) is 8.55. The van der Waals surface area contributed by atoms with Crippen molar-refractivity contribution in [3.63, 3.8) is 0 Å². The summed E-state index contributed by atoms with van der Waals surface area (Å²) in [6, 6.07) is 7.89. The summed E-state index contributed by atoms with van der Waals surface area (Å²) in [5, 5.41) is 0.464. The molecule has 0 atom stereocenters. The van der Waals surface area contributed by atoms with Crippen molar-refractivity contribution in [1.29, 1.82) is 0 Å². The summed E-state index contributed by atoms with van der Waals surface area (Å²) in [6.07, 6.45) is -4.44. The van der Waals surface area contributed by atoms with Gasteiger partial charge in [0.15, 0.2) is 6.79 Å². The van der Waals surface area contributed by atoms with Crippen LogP contribution >= 0.6 is 15.9 Å². The van der Waals surface area contributed by atoms with Crippen molar-refractivity contribution in [3.05, 3.63) is 53.1 Å². The van der Waals surface area contributed by atoms with Gasteiger partial charge in [0, 0.05) is 18.0 Å². The minimum atomic E-state index is -4.44. The molecule has 0 spiro atoms. The van der Waals surface area contributed by atoms with E-state index in [1.165, 1.54) is 26.4 Å². The highest BCUT2D eigenvalue weighted by molar-refractivity contribution is 9.08. The molecule has 0 aliphatic heterocycles. The molecule has 0 amide bonds. The number of methoxy groups -OCH3 is 2. The smallest absolute Gasteiger partial charge is 0.416 e. The predicted molar refractivity (Wildman–Crippen MR) is 93.4 cm³/mol. The number of alkyl halides is 4. The van der Waals surface area contributed by atoms with Crippen molar-refractivity contribution in [2.75, 3.05) is 21.0 Å². The van der Waals surface area contributed by atoms with Crippen molar-refractivity contribution in [2.24, 2.45) is 0 Å². The average Bonchev–Trinajstić information content (AvgIpc) is 2.64. The number of hydrogen-bond acceptors (Lipinski definition) is 4. The molecule has 0 aromatic heterocycles. The molecular formula is C18H16BrF3O4. The summed E-state index contributed by atoms with van der Waals surface area (Å²) >= 11 is 3.33. The Morgan fingerprint density at radius 3 is 2.27 bits per heavy atom. The van der Waals surface area contributed by atoms with Gasteiger partial charge in [0.25, 0.3) is 0 Å². The second-order valence-corrected chi connectivity index (χ2v) is 5.83. The SMILES string of the molecule is COCOc1cc(CBr)cc(-c2ccc(C(F)(F)F)cc2)c1C(=O)OC. The van der Waals surface area contributed by atoms with Gasteiger partial charge in [0.05, 0.1) is 12.7 Å². The van der Waals surface area contributed by atoms with Gasteiger partial charge in [-0.25, -0.2) is 4.79 Å².